The van der Waals surface area contributed by atoms with Gasteiger partial charge in [-0.05, 0) is 48.9 Å². The number of fused-ring (bicyclic) bond motifs is 3. The lowest BCUT2D eigenvalue weighted by Crippen LogP contribution is -2.39. The maximum Gasteiger partial charge on any atom is 0.251 e. The van der Waals surface area contributed by atoms with E-state index in [1.54, 1.807) is 31.5 Å². The standard InChI is InChI=1S/C24H26ClN5O3/c1-14(13-33-3)27-23(32)15-4-7-18(8-5-15)28-24-26-12-16-10-21(31)29-20-11-17(25)6-9-19(20)22(16)30(24)2/h4-9,11-12,14,22H,10,13H2,1-3H3,(H,26,28)(H,27,32)(H,29,31). The Bertz CT molecular complexity index is 1130. The summed E-state index contributed by atoms with van der Waals surface area (Å²) in [5, 5.41) is 9.70. The molecule has 0 saturated carbocycles. The maximum atomic E-state index is 12.4. The van der Waals surface area contributed by atoms with Crippen LogP contribution in [-0.4, -0.2) is 49.5 Å². The third-order valence-electron chi connectivity index (χ3n) is 5.57. The predicted molar refractivity (Wildman–Crippen MR) is 130 cm³/mol. The summed E-state index contributed by atoms with van der Waals surface area (Å²) >= 11 is 6.15. The molecule has 0 aromatic heterocycles. The van der Waals surface area contributed by atoms with Gasteiger partial charge in [0.1, 0.15) is 0 Å². The van der Waals surface area contributed by atoms with Crippen LogP contribution in [0.2, 0.25) is 5.02 Å². The Morgan fingerprint density at radius 2 is 2.06 bits per heavy atom. The van der Waals surface area contributed by atoms with E-state index in [1.165, 1.54) is 0 Å². The van der Waals surface area contributed by atoms with Crippen molar-refractivity contribution in [3.05, 3.63) is 70.4 Å². The number of nitrogens with zero attached hydrogens (tertiary/aromatic N) is 2. The highest BCUT2D eigenvalue weighted by Gasteiger charge is 2.33. The summed E-state index contributed by atoms with van der Waals surface area (Å²) in [6, 6.07) is 12.4. The SMILES string of the molecule is COCC(C)NC(=O)c1ccc(NC2=NC=C3CC(=O)Nc4cc(Cl)ccc4C3N2C)cc1. The Labute approximate surface area is 197 Å². The fourth-order valence-electron chi connectivity index (χ4n) is 4.04. The van der Waals surface area contributed by atoms with E-state index in [0.717, 1.165) is 16.8 Å². The molecule has 33 heavy (non-hydrogen) atoms. The van der Waals surface area contributed by atoms with Crippen LogP contribution in [0.1, 0.15) is 35.3 Å². The molecule has 2 aliphatic rings. The van der Waals surface area contributed by atoms with Crippen LogP contribution in [0.3, 0.4) is 0 Å². The summed E-state index contributed by atoms with van der Waals surface area (Å²) < 4.78 is 5.06. The average Bonchev–Trinajstić information content (AvgIpc) is 2.91. The Morgan fingerprint density at radius 3 is 2.79 bits per heavy atom. The fraction of sp³-hybridized carbons (Fsp3) is 0.292. The van der Waals surface area contributed by atoms with E-state index in [4.69, 9.17) is 16.3 Å². The van der Waals surface area contributed by atoms with Crippen LogP contribution in [0, 0.1) is 0 Å². The average molecular weight is 468 g/mol. The van der Waals surface area contributed by atoms with Gasteiger partial charge in [0.05, 0.1) is 19.1 Å². The third-order valence-corrected chi connectivity index (χ3v) is 5.81. The van der Waals surface area contributed by atoms with Gasteiger partial charge in [-0.25, -0.2) is 4.99 Å². The number of carbonyl (C=O) groups is 2. The van der Waals surface area contributed by atoms with Crippen molar-refractivity contribution in [2.45, 2.75) is 25.4 Å². The monoisotopic (exact) mass is 467 g/mol. The van der Waals surface area contributed by atoms with E-state index in [9.17, 15) is 9.59 Å². The van der Waals surface area contributed by atoms with Gasteiger partial charge in [0, 0.05) is 53.9 Å². The number of ether oxygens (including phenoxy) is 1. The van der Waals surface area contributed by atoms with E-state index < -0.39 is 0 Å². The van der Waals surface area contributed by atoms with Crippen molar-refractivity contribution in [3.8, 4) is 0 Å². The predicted octanol–water partition coefficient (Wildman–Crippen LogP) is 3.79. The smallest absolute Gasteiger partial charge is 0.251 e. The lowest BCUT2D eigenvalue weighted by molar-refractivity contribution is -0.115. The Hall–Kier alpha value is -3.36. The highest BCUT2D eigenvalue weighted by molar-refractivity contribution is 6.31. The summed E-state index contributed by atoms with van der Waals surface area (Å²) in [7, 11) is 3.53. The molecule has 2 unspecified atom stereocenters. The first-order valence-corrected chi connectivity index (χ1v) is 11.0. The zero-order chi connectivity index (χ0) is 23.5. The van der Waals surface area contributed by atoms with Gasteiger partial charge in [-0.2, -0.15) is 0 Å². The zero-order valence-corrected chi connectivity index (χ0v) is 19.4. The lowest BCUT2D eigenvalue weighted by atomic mass is 9.95. The van der Waals surface area contributed by atoms with Crippen LogP contribution < -0.4 is 16.0 Å². The minimum absolute atomic E-state index is 0.0785. The number of methoxy groups -OCH3 is 1. The van der Waals surface area contributed by atoms with Crippen molar-refractivity contribution in [2.75, 3.05) is 31.4 Å². The second kappa shape index (κ2) is 9.64. The number of benzene rings is 2. The van der Waals surface area contributed by atoms with Crippen molar-refractivity contribution in [2.24, 2.45) is 4.99 Å². The number of guanidine groups is 1. The highest BCUT2D eigenvalue weighted by atomic mass is 35.5. The second-order valence-corrected chi connectivity index (χ2v) is 8.60. The van der Waals surface area contributed by atoms with Crippen molar-refractivity contribution in [1.29, 1.82) is 0 Å². The van der Waals surface area contributed by atoms with Crippen LogP contribution in [0.15, 0.2) is 59.2 Å². The van der Waals surface area contributed by atoms with E-state index in [0.29, 0.717) is 28.8 Å². The number of rotatable bonds is 5. The number of nitrogens with one attached hydrogen (secondary N) is 3. The van der Waals surface area contributed by atoms with Gasteiger partial charge in [0.15, 0.2) is 0 Å². The molecular weight excluding hydrogens is 442 g/mol. The van der Waals surface area contributed by atoms with Crippen molar-refractivity contribution in [3.63, 3.8) is 0 Å². The van der Waals surface area contributed by atoms with E-state index in [2.05, 4.69) is 20.9 Å². The molecule has 172 valence electrons. The largest absolute Gasteiger partial charge is 0.383 e. The Kier molecular flexibility index (Phi) is 6.67. The first kappa shape index (κ1) is 22.8. The van der Waals surface area contributed by atoms with Crippen LogP contribution >= 0.6 is 11.6 Å². The number of amides is 2. The molecule has 0 spiro atoms. The summed E-state index contributed by atoms with van der Waals surface area (Å²) in [5.74, 6) is 0.377. The molecule has 2 aliphatic heterocycles. The zero-order valence-electron chi connectivity index (χ0n) is 18.7. The van der Waals surface area contributed by atoms with Crippen molar-refractivity contribution >= 4 is 40.7 Å². The van der Waals surface area contributed by atoms with Crippen LogP contribution in [0.5, 0.6) is 0 Å². The topological polar surface area (TPSA) is 95.1 Å². The molecule has 2 amide bonds. The molecule has 0 fully saturated rings. The van der Waals surface area contributed by atoms with Crippen LogP contribution in [-0.2, 0) is 9.53 Å². The van der Waals surface area contributed by atoms with Crippen LogP contribution in [0.25, 0.3) is 0 Å². The Morgan fingerprint density at radius 1 is 1.30 bits per heavy atom. The molecule has 2 heterocycles. The number of anilines is 2. The molecule has 8 nitrogen and oxygen atoms in total. The van der Waals surface area contributed by atoms with Gasteiger partial charge >= 0.3 is 0 Å². The minimum Gasteiger partial charge on any atom is -0.383 e. The molecule has 0 saturated heterocycles. The van der Waals surface area contributed by atoms with Gasteiger partial charge in [0.2, 0.25) is 11.9 Å². The fourth-order valence-corrected chi connectivity index (χ4v) is 4.21. The minimum atomic E-state index is -0.163. The second-order valence-electron chi connectivity index (χ2n) is 8.16. The van der Waals surface area contributed by atoms with Gasteiger partial charge < -0.3 is 25.6 Å². The first-order valence-electron chi connectivity index (χ1n) is 10.6. The van der Waals surface area contributed by atoms with E-state index >= 15 is 0 Å². The van der Waals surface area contributed by atoms with Crippen LogP contribution in [0.4, 0.5) is 11.4 Å². The quantitative estimate of drug-likeness (QED) is 0.622. The summed E-state index contributed by atoms with van der Waals surface area (Å²) in [4.78, 5) is 31.3. The number of halogens is 1. The molecule has 2 atom stereocenters. The Balaban J connectivity index is 1.53. The molecule has 4 rings (SSSR count). The number of hydrogen-bond donors (Lipinski definition) is 3. The molecule has 0 radical (unpaired) electrons. The maximum absolute atomic E-state index is 12.4. The van der Waals surface area contributed by atoms with E-state index in [1.807, 2.05) is 43.1 Å². The van der Waals surface area contributed by atoms with Gasteiger partial charge in [0.25, 0.3) is 5.91 Å². The van der Waals surface area contributed by atoms with Gasteiger partial charge in [-0.15, -0.1) is 0 Å². The molecule has 3 N–H and O–H groups in total. The molecule has 2 aromatic carbocycles. The number of hydrogen-bond acceptors (Lipinski definition) is 6. The summed E-state index contributed by atoms with van der Waals surface area (Å²) in [6.07, 6.45) is 2.00. The molecular formula is C24H26ClN5O3. The van der Waals surface area contributed by atoms with Crippen molar-refractivity contribution in [1.82, 2.24) is 10.2 Å². The summed E-state index contributed by atoms with van der Waals surface area (Å²) in [6.45, 7) is 2.34. The molecule has 9 heteroatoms. The summed E-state index contributed by atoms with van der Waals surface area (Å²) in [5.41, 5.74) is 3.90. The molecule has 2 aromatic rings. The number of likely N-dealkylation sites (N-methyl/N-ethyl adjacent to an activating group) is 1. The first-order chi connectivity index (χ1) is 15.9. The van der Waals surface area contributed by atoms with Gasteiger partial charge in [-0.1, -0.05) is 17.7 Å². The van der Waals surface area contributed by atoms with Crippen molar-refractivity contribution < 1.29 is 14.3 Å². The number of aliphatic imine (C=N–C) groups is 1. The third kappa shape index (κ3) is 5.02. The number of carbonyl (C=O) groups excluding carboxylic acids is 2. The normalized spacial score (nSPS) is 18.1. The molecule has 0 aliphatic carbocycles. The lowest BCUT2D eigenvalue weighted by Gasteiger charge is -2.35. The van der Waals surface area contributed by atoms with Gasteiger partial charge in [-0.3, -0.25) is 9.59 Å². The van der Waals surface area contributed by atoms with E-state index in [-0.39, 0.29) is 30.3 Å². The highest BCUT2D eigenvalue weighted by Crippen LogP contribution is 2.40. The molecule has 0 bridgehead atoms.